The molecule has 1 atom stereocenters. The Hall–Kier alpha value is -1.76. The first kappa shape index (κ1) is 17.1. The molecule has 132 valence electrons. The Kier molecular flexibility index (Phi) is 5.60. The van der Waals surface area contributed by atoms with E-state index in [2.05, 4.69) is 20.8 Å². The Morgan fingerprint density at radius 1 is 1.17 bits per heavy atom. The van der Waals surface area contributed by atoms with E-state index in [0.29, 0.717) is 12.2 Å². The smallest absolute Gasteiger partial charge is 0.315 e. The predicted octanol–water partition coefficient (Wildman–Crippen LogP) is 2.02. The molecule has 0 aromatic carbocycles. The van der Waals surface area contributed by atoms with E-state index in [1.54, 1.807) is 6.20 Å². The molecule has 0 unspecified atom stereocenters. The van der Waals surface area contributed by atoms with Gasteiger partial charge in [0.1, 0.15) is 5.02 Å². The summed E-state index contributed by atoms with van der Waals surface area (Å²) in [5.41, 5.74) is 0.227. The summed E-state index contributed by atoms with van der Waals surface area (Å²) in [7, 11) is 0. The molecule has 1 aliphatic heterocycles. The second kappa shape index (κ2) is 7.88. The molecule has 1 aromatic heterocycles. The lowest BCUT2D eigenvalue weighted by Gasteiger charge is -2.21. The third kappa shape index (κ3) is 4.20. The molecular formula is C16H24ClN5O2. The van der Waals surface area contributed by atoms with Crippen LogP contribution in [0.4, 0.5) is 10.5 Å². The highest BCUT2D eigenvalue weighted by atomic mass is 35.5. The first-order chi connectivity index (χ1) is 11.6. The van der Waals surface area contributed by atoms with Crippen LogP contribution in [0, 0.1) is 0 Å². The van der Waals surface area contributed by atoms with E-state index in [1.165, 1.54) is 25.7 Å². The Morgan fingerprint density at radius 3 is 2.62 bits per heavy atom. The number of nitrogens with zero attached hydrogens (tertiary/aromatic N) is 2. The van der Waals surface area contributed by atoms with Crippen LogP contribution in [0.5, 0.6) is 0 Å². The quantitative estimate of drug-likeness (QED) is 0.725. The molecule has 0 bridgehead atoms. The molecule has 0 radical (unpaired) electrons. The number of hydrogen-bond acceptors (Lipinski definition) is 4. The third-order valence-corrected chi connectivity index (χ3v) is 5.20. The van der Waals surface area contributed by atoms with Crippen LogP contribution in [-0.2, 0) is 0 Å². The normalized spacial score (nSPS) is 22.2. The van der Waals surface area contributed by atoms with Gasteiger partial charge in [-0.15, -0.1) is 0 Å². The van der Waals surface area contributed by atoms with Crippen molar-refractivity contribution in [3.63, 3.8) is 0 Å². The predicted molar refractivity (Wildman–Crippen MR) is 93.6 cm³/mol. The molecule has 3 N–H and O–H groups in total. The summed E-state index contributed by atoms with van der Waals surface area (Å²) in [4.78, 5) is 25.7. The molecular weight excluding hydrogens is 330 g/mol. The number of H-pyrrole nitrogens is 1. The highest BCUT2D eigenvalue weighted by Gasteiger charge is 2.27. The summed E-state index contributed by atoms with van der Waals surface area (Å²) >= 11 is 6.05. The SMILES string of the molecule is O=C(NC1CCCCCC1)N[C@@H]1CCN(c2cn[nH]c(=O)c2Cl)C1. The fraction of sp³-hybridized carbons (Fsp3) is 0.688. The number of amides is 2. The van der Waals surface area contributed by atoms with Crippen LogP contribution in [0.2, 0.25) is 5.02 Å². The fourth-order valence-electron chi connectivity index (χ4n) is 3.53. The van der Waals surface area contributed by atoms with Crippen LogP contribution in [0.25, 0.3) is 0 Å². The van der Waals surface area contributed by atoms with Gasteiger partial charge in [-0.25, -0.2) is 9.89 Å². The average Bonchev–Trinajstić information content (AvgIpc) is 2.85. The molecule has 0 spiro atoms. The second-order valence-electron chi connectivity index (χ2n) is 6.64. The maximum atomic E-state index is 12.2. The third-order valence-electron chi connectivity index (χ3n) is 4.83. The van der Waals surface area contributed by atoms with Crippen molar-refractivity contribution in [1.29, 1.82) is 0 Å². The molecule has 3 rings (SSSR count). The largest absolute Gasteiger partial charge is 0.367 e. The molecule has 2 heterocycles. The Balaban J connectivity index is 1.51. The lowest BCUT2D eigenvalue weighted by Crippen LogP contribution is -2.47. The van der Waals surface area contributed by atoms with E-state index in [9.17, 15) is 9.59 Å². The molecule has 2 aliphatic rings. The number of urea groups is 1. The molecule has 24 heavy (non-hydrogen) atoms. The monoisotopic (exact) mass is 353 g/mol. The molecule has 2 fully saturated rings. The number of carbonyl (C=O) groups excluding carboxylic acids is 1. The van der Waals surface area contributed by atoms with Crippen LogP contribution in [0.15, 0.2) is 11.0 Å². The van der Waals surface area contributed by atoms with Gasteiger partial charge in [-0.1, -0.05) is 37.3 Å². The molecule has 1 saturated carbocycles. The summed E-state index contributed by atoms with van der Waals surface area (Å²) in [6.45, 7) is 1.36. The van der Waals surface area contributed by atoms with Crippen molar-refractivity contribution in [1.82, 2.24) is 20.8 Å². The zero-order valence-corrected chi connectivity index (χ0v) is 14.4. The van der Waals surface area contributed by atoms with E-state index < -0.39 is 5.56 Å². The molecule has 2 amide bonds. The van der Waals surface area contributed by atoms with Crippen LogP contribution in [-0.4, -0.2) is 41.4 Å². The number of anilines is 1. The van der Waals surface area contributed by atoms with Crippen molar-refractivity contribution in [2.24, 2.45) is 0 Å². The lowest BCUT2D eigenvalue weighted by molar-refractivity contribution is 0.232. The maximum Gasteiger partial charge on any atom is 0.315 e. The first-order valence-electron chi connectivity index (χ1n) is 8.68. The summed E-state index contributed by atoms with van der Waals surface area (Å²) in [5.74, 6) is 0. The van der Waals surface area contributed by atoms with E-state index in [0.717, 1.165) is 25.8 Å². The topological polar surface area (TPSA) is 90.1 Å². The summed E-state index contributed by atoms with van der Waals surface area (Å²) < 4.78 is 0. The van der Waals surface area contributed by atoms with Crippen LogP contribution in [0.3, 0.4) is 0 Å². The number of nitrogens with one attached hydrogen (secondary N) is 3. The van der Waals surface area contributed by atoms with E-state index in [-0.39, 0.29) is 23.1 Å². The summed E-state index contributed by atoms with van der Waals surface area (Å²) in [5, 5.41) is 12.4. The van der Waals surface area contributed by atoms with Crippen molar-refractivity contribution < 1.29 is 4.79 Å². The van der Waals surface area contributed by atoms with Gasteiger partial charge in [-0.3, -0.25) is 4.79 Å². The number of hydrogen-bond donors (Lipinski definition) is 3. The minimum atomic E-state index is -0.392. The van der Waals surface area contributed by atoms with Crippen molar-refractivity contribution in [2.75, 3.05) is 18.0 Å². The van der Waals surface area contributed by atoms with Gasteiger partial charge >= 0.3 is 6.03 Å². The minimum absolute atomic E-state index is 0.0473. The van der Waals surface area contributed by atoms with Crippen molar-refractivity contribution in [3.8, 4) is 0 Å². The summed E-state index contributed by atoms with van der Waals surface area (Å²) in [6, 6.07) is 0.242. The highest BCUT2D eigenvalue weighted by molar-refractivity contribution is 6.33. The van der Waals surface area contributed by atoms with Crippen LogP contribution >= 0.6 is 11.6 Å². The van der Waals surface area contributed by atoms with Crippen molar-refractivity contribution in [2.45, 2.75) is 57.0 Å². The van der Waals surface area contributed by atoms with Crippen LogP contribution in [0.1, 0.15) is 44.9 Å². The number of aromatic amines is 1. The molecule has 1 saturated heterocycles. The van der Waals surface area contributed by atoms with Gasteiger partial charge in [0.05, 0.1) is 11.9 Å². The van der Waals surface area contributed by atoms with Gasteiger partial charge in [0.2, 0.25) is 0 Å². The molecule has 7 nitrogen and oxygen atoms in total. The minimum Gasteiger partial charge on any atom is -0.367 e. The fourth-order valence-corrected chi connectivity index (χ4v) is 3.74. The Morgan fingerprint density at radius 2 is 1.88 bits per heavy atom. The van der Waals surface area contributed by atoms with Gasteiger partial charge in [-0.2, -0.15) is 5.10 Å². The summed E-state index contributed by atoms with van der Waals surface area (Å²) in [6.07, 6.45) is 9.42. The van der Waals surface area contributed by atoms with Crippen LogP contribution < -0.4 is 21.1 Å². The number of rotatable bonds is 3. The van der Waals surface area contributed by atoms with Crippen molar-refractivity contribution in [3.05, 3.63) is 21.6 Å². The van der Waals surface area contributed by atoms with Crippen molar-refractivity contribution >= 4 is 23.3 Å². The average molecular weight is 354 g/mol. The standard InChI is InChI=1S/C16H24ClN5O2/c17-14-13(9-18-21-15(14)23)22-8-7-12(10-22)20-16(24)19-11-5-3-1-2-4-6-11/h9,11-12H,1-8,10H2,(H,21,23)(H2,19,20,24)/t12-/m1/s1. The zero-order valence-electron chi connectivity index (χ0n) is 13.7. The van der Waals surface area contributed by atoms with Gasteiger partial charge in [0, 0.05) is 25.2 Å². The Labute approximate surface area is 146 Å². The molecule has 8 heteroatoms. The Bertz CT molecular complexity index is 627. The van der Waals surface area contributed by atoms with E-state index in [1.807, 2.05) is 4.90 Å². The number of aromatic nitrogens is 2. The number of carbonyl (C=O) groups is 1. The molecule has 1 aliphatic carbocycles. The van der Waals surface area contributed by atoms with Gasteiger partial charge in [0.25, 0.3) is 5.56 Å². The van der Waals surface area contributed by atoms with Gasteiger partial charge in [-0.05, 0) is 19.3 Å². The highest BCUT2D eigenvalue weighted by Crippen LogP contribution is 2.24. The first-order valence-corrected chi connectivity index (χ1v) is 9.06. The number of halogens is 1. The van der Waals surface area contributed by atoms with E-state index in [4.69, 9.17) is 11.6 Å². The molecule has 1 aromatic rings. The second-order valence-corrected chi connectivity index (χ2v) is 7.01. The lowest BCUT2D eigenvalue weighted by atomic mass is 10.1. The van der Waals surface area contributed by atoms with E-state index >= 15 is 0 Å². The van der Waals surface area contributed by atoms with Gasteiger partial charge < -0.3 is 15.5 Å². The van der Waals surface area contributed by atoms with Gasteiger partial charge in [0.15, 0.2) is 0 Å². The zero-order chi connectivity index (χ0) is 16.9. The maximum absolute atomic E-state index is 12.2.